The summed E-state index contributed by atoms with van der Waals surface area (Å²) in [5.41, 5.74) is 1.13. The second-order valence-corrected chi connectivity index (χ2v) is 5.58. The zero-order valence-electron chi connectivity index (χ0n) is 14.2. The van der Waals surface area contributed by atoms with Crippen LogP contribution < -0.4 is 10.6 Å². The number of anilines is 2. The lowest BCUT2D eigenvalue weighted by molar-refractivity contribution is 0.835. The summed E-state index contributed by atoms with van der Waals surface area (Å²) in [6.07, 6.45) is 6.35. The Morgan fingerprint density at radius 1 is 1.04 bits per heavy atom. The molecule has 2 aromatic rings. The lowest BCUT2D eigenvalue weighted by Crippen LogP contribution is -2.15. The van der Waals surface area contributed by atoms with Crippen LogP contribution in [0.25, 0.3) is 0 Å². The van der Waals surface area contributed by atoms with Crippen molar-refractivity contribution < 1.29 is 0 Å². The molecule has 126 valence electrons. The lowest BCUT2D eigenvalue weighted by atomic mass is 10.3. The van der Waals surface area contributed by atoms with Crippen LogP contribution in [0.1, 0.15) is 33.3 Å². The number of nitrogens with zero attached hydrogens (tertiary/aromatic N) is 6. The van der Waals surface area contributed by atoms with E-state index >= 15 is 0 Å². The van der Waals surface area contributed by atoms with Gasteiger partial charge in [-0.15, -0.1) is 10.2 Å². The van der Waals surface area contributed by atoms with Crippen molar-refractivity contribution in [2.24, 2.45) is 0 Å². The highest BCUT2D eigenvalue weighted by atomic mass is 32.2. The van der Waals surface area contributed by atoms with Crippen LogP contribution in [0.15, 0.2) is 17.6 Å². The molecule has 0 unspecified atom stereocenters. The minimum Gasteiger partial charge on any atom is -0.354 e. The van der Waals surface area contributed by atoms with Crippen LogP contribution >= 0.6 is 11.8 Å². The topological polar surface area (TPSA) is 101 Å². The monoisotopic (exact) mass is 336 g/mol. The van der Waals surface area contributed by atoms with Crippen molar-refractivity contribution >= 4 is 23.7 Å². The largest absolute Gasteiger partial charge is 0.354 e. The van der Waals surface area contributed by atoms with Crippen molar-refractivity contribution in [2.45, 2.75) is 45.3 Å². The first-order valence-electron chi connectivity index (χ1n) is 7.51. The predicted molar refractivity (Wildman–Crippen MR) is 93.7 cm³/mol. The smallest absolute Gasteiger partial charge is 0.228 e. The molecule has 0 fully saturated rings. The molecule has 0 aliphatic rings. The van der Waals surface area contributed by atoms with Crippen LogP contribution in [0.4, 0.5) is 11.9 Å². The summed E-state index contributed by atoms with van der Waals surface area (Å²) in [6, 6.07) is 0.316. The van der Waals surface area contributed by atoms with Crippen LogP contribution in [0.5, 0.6) is 0 Å². The van der Waals surface area contributed by atoms with Gasteiger partial charge >= 0.3 is 0 Å². The predicted octanol–water partition coefficient (Wildman–Crippen LogP) is 2.28. The highest BCUT2D eigenvalue weighted by Crippen LogP contribution is 2.13. The van der Waals surface area contributed by atoms with Gasteiger partial charge in [0.05, 0.1) is 12.4 Å². The molecule has 2 heterocycles. The Bertz CT molecular complexity index is 564. The van der Waals surface area contributed by atoms with E-state index < -0.39 is 0 Å². The molecule has 0 saturated heterocycles. The van der Waals surface area contributed by atoms with Crippen LogP contribution in [0.3, 0.4) is 0 Å². The van der Waals surface area contributed by atoms with Crippen molar-refractivity contribution in [3.63, 3.8) is 0 Å². The highest BCUT2D eigenvalue weighted by molar-refractivity contribution is 7.98. The molecule has 2 N–H and O–H groups in total. The maximum absolute atomic E-state index is 4.26. The molecular formula is C14H24N8S. The quantitative estimate of drug-likeness (QED) is 0.769. The number of thioether (sulfide) groups is 1. The van der Waals surface area contributed by atoms with Gasteiger partial charge in [0.15, 0.2) is 5.16 Å². The van der Waals surface area contributed by atoms with E-state index in [1.165, 1.54) is 11.8 Å². The second kappa shape index (κ2) is 10.7. The number of hydrogen-bond acceptors (Lipinski definition) is 9. The third kappa shape index (κ3) is 7.68. The fourth-order valence-corrected chi connectivity index (χ4v) is 1.81. The van der Waals surface area contributed by atoms with Crippen molar-refractivity contribution in [1.29, 1.82) is 0 Å². The van der Waals surface area contributed by atoms with Crippen LogP contribution in [-0.4, -0.2) is 49.2 Å². The van der Waals surface area contributed by atoms with Crippen LogP contribution in [0, 0.1) is 0 Å². The minimum atomic E-state index is 0.316. The van der Waals surface area contributed by atoms with E-state index in [4.69, 9.17) is 0 Å². The molecule has 0 aliphatic carbocycles. The maximum Gasteiger partial charge on any atom is 0.228 e. The van der Waals surface area contributed by atoms with Gasteiger partial charge < -0.3 is 10.6 Å². The number of hydrogen-bond donors (Lipinski definition) is 2. The number of nitrogens with one attached hydrogen (secondary N) is 2. The fourth-order valence-electron chi connectivity index (χ4n) is 1.45. The van der Waals surface area contributed by atoms with Crippen molar-refractivity contribution in [2.75, 3.05) is 23.4 Å². The normalized spacial score (nSPS) is 10.0. The van der Waals surface area contributed by atoms with Gasteiger partial charge in [0, 0.05) is 12.6 Å². The molecule has 8 nitrogen and oxygen atoms in total. The third-order valence-electron chi connectivity index (χ3n) is 2.51. The number of aromatic nitrogens is 6. The van der Waals surface area contributed by atoms with E-state index in [0.29, 0.717) is 17.9 Å². The fraction of sp³-hybridized carbons (Fsp3) is 0.571. The third-order valence-corrected chi connectivity index (χ3v) is 3.06. The van der Waals surface area contributed by atoms with Gasteiger partial charge in [-0.1, -0.05) is 18.7 Å². The zero-order chi connectivity index (χ0) is 17.1. The molecule has 23 heavy (non-hydrogen) atoms. The van der Waals surface area contributed by atoms with Gasteiger partial charge in [0.1, 0.15) is 0 Å². The lowest BCUT2D eigenvalue weighted by Gasteiger charge is -2.10. The minimum absolute atomic E-state index is 0.316. The van der Waals surface area contributed by atoms with Crippen molar-refractivity contribution in [3.8, 4) is 0 Å². The molecule has 0 aliphatic heterocycles. The molecule has 0 atom stereocenters. The van der Waals surface area contributed by atoms with Gasteiger partial charge in [-0.3, -0.25) is 0 Å². The highest BCUT2D eigenvalue weighted by Gasteiger charge is 2.05. The average molecular weight is 336 g/mol. The van der Waals surface area contributed by atoms with Gasteiger partial charge in [0.2, 0.25) is 11.9 Å². The number of aryl methyl sites for hydroxylation is 1. The molecule has 2 rings (SSSR count). The van der Waals surface area contributed by atoms with Crippen molar-refractivity contribution in [1.82, 2.24) is 30.4 Å². The Hall–Kier alpha value is -2.03. The van der Waals surface area contributed by atoms with E-state index in [9.17, 15) is 0 Å². The Kier molecular flexibility index (Phi) is 8.81. The Labute approximate surface area is 141 Å². The number of rotatable bonds is 6. The molecule has 0 amide bonds. The summed E-state index contributed by atoms with van der Waals surface area (Å²) in [6.45, 7) is 8.97. The molecule has 0 spiro atoms. The summed E-state index contributed by atoms with van der Waals surface area (Å²) in [4.78, 5) is 12.8. The van der Waals surface area contributed by atoms with Crippen LogP contribution in [-0.2, 0) is 6.42 Å². The van der Waals surface area contributed by atoms with E-state index in [2.05, 4.69) is 61.8 Å². The Morgan fingerprint density at radius 3 is 2.17 bits per heavy atom. The molecule has 0 radical (unpaired) electrons. The SMILES string of the molecule is CCNc1nc(NC(C)C)nc(SC)n1.CCc1cnnnc1. The van der Waals surface area contributed by atoms with E-state index in [-0.39, 0.29) is 0 Å². The second-order valence-electron chi connectivity index (χ2n) is 4.81. The van der Waals surface area contributed by atoms with Gasteiger partial charge in [-0.2, -0.15) is 15.0 Å². The molecule has 0 saturated carbocycles. The van der Waals surface area contributed by atoms with Crippen LogP contribution in [0.2, 0.25) is 0 Å². The maximum atomic E-state index is 4.26. The van der Waals surface area contributed by atoms with Gasteiger partial charge in [-0.05, 0) is 44.2 Å². The first kappa shape index (κ1) is 19.0. The Balaban J connectivity index is 0.000000277. The summed E-state index contributed by atoms with van der Waals surface area (Å²) in [7, 11) is 0. The standard InChI is InChI=1S/C9H17N5S.C5H7N3/c1-5-10-7-12-8(11-6(2)3)14-9(13-7)15-4;1-2-5-3-6-8-7-4-5/h6H,5H2,1-4H3,(H2,10,11,12,13,14);3-4H,2H2,1H3. The van der Waals surface area contributed by atoms with Gasteiger partial charge in [-0.25, -0.2) is 0 Å². The van der Waals surface area contributed by atoms with E-state index in [0.717, 1.165) is 23.7 Å². The van der Waals surface area contributed by atoms with E-state index in [1.807, 2.05) is 13.2 Å². The summed E-state index contributed by atoms with van der Waals surface area (Å²) in [5, 5.41) is 17.6. The summed E-state index contributed by atoms with van der Waals surface area (Å²) in [5.74, 6) is 1.25. The summed E-state index contributed by atoms with van der Waals surface area (Å²) < 4.78 is 0. The molecule has 0 aromatic carbocycles. The van der Waals surface area contributed by atoms with Crippen molar-refractivity contribution in [3.05, 3.63) is 18.0 Å². The molecule has 9 heteroatoms. The molecule has 2 aromatic heterocycles. The first-order chi connectivity index (χ1) is 11.1. The molecule has 0 bridgehead atoms. The molecular weight excluding hydrogens is 312 g/mol. The van der Waals surface area contributed by atoms with E-state index in [1.54, 1.807) is 12.4 Å². The Morgan fingerprint density at radius 2 is 1.70 bits per heavy atom. The first-order valence-corrected chi connectivity index (χ1v) is 8.74. The summed E-state index contributed by atoms with van der Waals surface area (Å²) >= 11 is 1.51. The average Bonchev–Trinajstić information content (AvgIpc) is 2.55. The van der Waals surface area contributed by atoms with Gasteiger partial charge in [0.25, 0.3) is 0 Å². The zero-order valence-corrected chi connectivity index (χ0v) is 15.1.